The van der Waals surface area contributed by atoms with Crippen LogP contribution in [0.4, 0.5) is 0 Å². The maximum atomic E-state index is 13.0. The average molecular weight is 633 g/mol. The second-order valence-electron chi connectivity index (χ2n) is 17.3. The first-order valence-corrected chi connectivity index (χ1v) is 17.4. The number of carboxylic acids is 2. The molecule has 1 aliphatic heterocycles. The number of aliphatic hydroxyl groups excluding tert-OH is 3. The van der Waals surface area contributed by atoms with Gasteiger partial charge in [-0.25, -0.2) is 4.79 Å². The lowest BCUT2D eigenvalue weighted by molar-refractivity contribution is -0.320. The molecule has 6 rings (SSSR count). The second-order valence-corrected chi connectivity index (χ2v) is 17.3. The largest absolute Gasteiger partial charge is 0.481 e. The Hall–Kier alpha value is -1.52. The predicted octanol–water partition coefficient (Wildman–Crippen LogP) is 5.01. The molecule has 6 aliphatic rings. The molecule has 0 aromatic heterocycles. The van der Waals surface area contributed by atoms with Crippen molar-refractivity contribution >= 4 is 11.9 Å². The zero-order valence-corrected chi connectivity index (χ0v) is 28.2. The fourth-order valence-corrected chi connectivity index (χ4v) is 12.5. The Morgan fingerprint density at radius 2 is 1.56 bits per heavy atom. The Morgan fingerprint density at radius 1 is 0.867 bits per heavy atom. The number of rotatable bonds is 4. The van der Waals surface area contributed by atoms with Gasteiger partial charge in [0.25, 0.3) is 0 Å². The molecule has 0 bridgehead atoms. The third-order valence-electron chi connectivity index (χ3n) is 15.4. The van der Waals surface area contributed by atoms with Crippen molar-refractivity contribution in [2.45, 2.75) is 143 Å². The molecule has 0 unspecified atom stereocenters. The van der Waals surface area contributed by atoms with Crippen LogP contribution >= 0.6 is 0 Å². The molecule has 0 aromatic rings. The zero-order chi connectivity index (χ0) is 33.1. The molecule has 0 spiro atoms. The Morgan fingerprint density at radius 3 is 2.20 bits per heavy atom. The van der Waals surface area contributed by atoms with Gasteiger partial charge >= 0.3 is 11.9 Å². The van der Waals surface area contributed by atoms with Crippen LogP contribution in [-0.4, -0.2) is 74.3 Å². The molecule has 1 heterocycles. The van der Waals surface area contributed by atoms with Gasteiger partial charge in [-0.2, -0.15) is 0 Å². The molecule has 15 atom stereocenters. The topological polar surface area (TPSA) is 154 Å². The van der Waals surface area contributed by atoms with Crippen LogP contribution in [0.1, 0.15) is 106 Å². The van der Waals surface area contributed by atoms with E-state index in [9.17, 15) is 35.1 Å². The third-order valence-corrected chi connectivity index (χ3v) is 15.4. The van der Waals surface area contributed by atoms with Crippen LogP contribution in [0.5, 0.6) is 0 Å². The summed E-state index contributed by atoms with van der Waals surface area (Å²) >= 11 is 0. The van der Waals surface area contributed by atoms with Gasteiger partial charge in [-0.3, -0.25) is 4.79 Å². The van der Waals surface area contributed by atoms with Crippen LogP contribution in [0, 0.1) is 56.7 Å². The number of aliphatic carboxylic acids is 2. The predicted molar refractivity (Wildman–Crippen MR) is 166 cm³/mol. The van der Waals surface area contributed by atoms with Crippen molar-refractivity contribution in [3.05, 3.63) is 11.6 Å². The molecule has 0 aromatic carbocycles. The van der Waals surface area contributed by atoms with E-state index in [4.69, 9.17) is 9.47 Å². The van der Waals surface area contributed by atoms with E-state index in [1.54, 1.807) is 5.57 Å². The number of ether oxygens (including phenoxy) is 2. The highest BCUT2D eigenvalue weighted by molar-refractivity contribution is 5.76. The summed E-state index contributed by atoms with van der Waals surface area (Å²) < 4.78 is 11.9. The summed E-state index contributed by atoms with van der Waals surface area (Å²) in [6.45, 7) is 16.3. The number of fused-ring (bicyclic) bond motifs is 7. The molecule has 0 amide bonds. The maximum Gasteiger partial charge on any atom is 0.335 e. The normalized spacial score (nSPS) is 54.0. The van der Waals surface area contributed by atoms with Crippen molar-refractivity contribution in [2.75, 3.05) is 0 Å². The molecular weight excluding hydrogens is 576 g/mol. The molecule has 45 heavy (non-hydrogen) atoms. The summed E-state index contributed by atoms with van der Waals surface area (Å²) in [6, 6.07) is 0. The van der Waals surface area contributed by atoms with E-state index in [-0.39, 0.29) is 39.6 Å². The first-order valence-electron chi connectivity index (χ1n) is 17.4. The lowest BCUT2D eigenvalue weighted by Crippen LogP contribution is -2.66. The van der Waals surface area contributed by atoms with Gasteiger partial charge < -0.3 is 35.0 Å². The lowest BCUT2D eigenvalue weighted by Gasteiger charge is -2.71. The lowest BCUT2D eigenvalue weighted by atomic mass is 9.33. The van der Waals surface area contributed by atoms with Crippen molar-refractivity contribution < 1.29 is 44.6 Å². The quantitative estimate of drug-likeness (QED) is 0.269. The molecule has 254 valence electrons. The summed E-state index contributed by atoms with van der Waals surface area (Å²) in [5.74, 6) is -0.359. The van der Waals surface area contributed by atoms with Crippen molar-refractivity contribution in [1.29, 1.82) is 0 Å². The Bertz CT molecular complexity index is 1250. The van der Waals surface area contributed by atoms with Crippen LogP contribution < -0.4 is 0 Å². The Labute approximate surface area is 267 Å². The summed E-state index contributed by atoms with van der Waals surface area (Å²) in [5, 5.41) is 51.5. The van der Waals surface area contributed by atoms with Crippen LogP contribution in [0.25, 0.3) is 0 Å². The van der Waals surface area contributed by atoms with E-state index in [1.165, 1.54) is 0 Å². The first kappa shape index (κ1) is 33.4. The number of carboxylic acid groups (broad SMARTS) is 2. The van der Waals surface area contributed by atoms with E-state index in [1.807, 2.05) is 0 Å². The highest BCUT2D eigenvalue weighted by Gasteiger charge is 2.70. The Kier molecular flexibility index (Phi) is 7.97. The maximum absolute atomic E-state index is 13.0. The molecule has 9 heteroatoms. The van der Waals surface area contributed by atoms with E-state index >= 15 is 0 Å². The molecule has 5 aliphatic carbocycles. The number of hydrogen-bond donors (Lipinski definition) is 5. The van der Waals surface area contributed by atoms with Gasteiger partial charge in [0.05, 0.1) is 11.5 Å². The monoisotopic (exact) mass is 632 g/mol. The summed E-state index contributed by atoms with van der Waals surface area (Å²) in [6.07, 6.45) is 2.02. The van der Waals surface area contributed by atoms with E-state index < -0.39 is 48.1 Å². The van der Waals surface area contributed by atoms with Crippen LogP contribution in [-0.2, 0) is 19.1 Å². The molecule has 5 fully saturated rings. The summed E-state index contributed by atoms with van der Waals surface area (Å²) in [4.78, 5) is 24.7. The van der Waals surface area contributed by atoms with Crippen LogP contribution in [0.2, 0.25) is 0 Å². The minimum absolute atomic E-state index is 0.00403. The summed E-state index contributed by atoms with van der Waals surface area (Å²) in [5.41, 5.74) is 0.385. The number of allylic oxidation sites excluding steroid dienone is 2. The molecule has 0 radical (unpaired) electrons. The van der Waals surface area contributed by atoms with Gasteiger partial charge in [0, 0.05) is 0 Å². The van der Waals surface area contributed by atoms with Gasteiger partial charge in [-0.1, -0.05) is 60.1 Å². The van der Waals surface area contributed by atoms with Gasteiger partial charge in [0.2, 0.25) is 0 Å². The standard InChI is InChI=1S/C36H56O9/c1-18-10-15-36(31(42)43)17-16-34(6)21-8-9-22-32(3,4)23(44-30-26(39)24(37)25(38)27(45-30)29(40)41)12-13-33(22,5)20(21)11-14-35(34,7)28(36)19(18)2/h8,18-20,22-28,30,37-39H,9-17H2,1-7H3,(H,40,41)(H,42,43)/t18-,19+,20+,22+,23+,24+,25+,26-,27+,28+,30-,33-,34-,35+,36+/m1/s1. The third kappa shape index (κ3) is 4.42. The van der Waals surface area contributed by atoms with E-state index in [2.05, 4.69) is 54.5 Å². The minimum atomic E-state index is -1.75. The van der Waals surface area contributed by atoms with Gasteiger partial charge in [-0.05, 0) is 109 Å². The minimum Gasteiger partial charge on any atom is -0.481 e. The molecule has 5 N–H and O–H groups in total. The van der Waals surface area contributed by atoms with Crippen LogP contribution in [0.3, 0.4) is 0 Å². The Balaban J connectivity index is 1.30. The van der Waals surface area contributed by atoms with E-state index in [0.717, 1.165) is 51.4 Å². The summed E-state index contributed by atoms with van der Waals surface area (Å²) in [7, 11) is 0. The fraction of sp³-hybridized carbons (Fsp3) is 0.889. The zero-order valence-electron chi connectivity index (χ0n) is 28.2. The second kappa shape index (κ2) is 10.7. The molecule has 4 saturated carbocycles. The van der Waals surface area contributed by atoms with Crippen LogP contribution in [0.15, 0.2) is 11.6 Å². The van der Waals surface area contributed by atoms with Crippen molar-refractivity contribution in [3.8, 4) is 0 Å². The molecule has 1 saturated heterocycles. The van der Waals surface area contributed by atoms with Crippen molar-refractivity contribution in [1.82, 2.24) is 0 Å². The number of carbonyl (C=O) groups is 2. The fourth-order valence-electron chi connectivity index (χ4n) is 12.5. The van der Waals surface area contributed by atoms with E-state index in [0.29, 0.717) is 24.2 Å². The van der Waals surface area contributed by atoms with Gasteiger partial charge in [0.1, 0.15) is 18.3 Å². The first-order chi connectivity index (χ1) is 20.9. The highest BCUT2D eigenvalue weighted by Crippen LogP contribution is 2.76. The number of aliphatic hydroxyl groups is 3. The van der Waals surface area contributed by atoms with Gasteiger partial charge in [-0.15, -0.1) is 0 Å². The molecular formula is C36H56O9. The van der Waals surface area contributed by atoms with Crippen molar-refractivity contribution in [2.24, 2.45) is 56.7 Å². The number of hydrogen-bond acceptors (Lipinski definition) is 7. The average Bonchev–Trinajstić information content (AvgIpc) is 2.96. The smallest absolute Gasteiger partial charge is 0.335 e. The highest BCUT2D eigenvalue weighted by atomic mass is 16.7. The molecule has 9 nitrogen and oxygen atoms in total. The van der Waals surface area contributed by atoms with Crippen molar-refractivity contribution in [3.63, 3.8) is 0 Å². The SMILES string of the molecule is C[C@H]1[C@H](C)CC[C@]2(C(=O)O)CC[C@]3(C)C4=CC[C@H]5C(C)(C)[C@@H](O[C@@H]6O[C@H](C(=O)O)[C@@H](O)[C@H](O)[C@H]6O)CC[C@]5(C)[C@H]4CC[C@@]3(C)[C@H]12. The van der Waals surface area contributed by atoms with Gasteiger partial charge in [0.15, 0.2) is 12.4 Å².